The lowest BCUT2D eigenvalue weighted by Crippen LogP contribution is -2.41. The minimum absolute atomic E-state index is 0.00307. The lowest BCUT2D eigenvalue weighted by atomic mass is 9.97. The van der Waals surface area contributed by atoms with Gasteiger partial charge in [-0.2, -0.15) is 9.40 Å². The van der Waals surface area contributed by atoms with E-state index in [2.05, 4.69) is 29.5 Å². The minimum Gasteiger partial charge on any atom is -0.323 e. The van der Waals surface area contributed by atoms with Crippen LogP contribution in [-0.2, 0) is 21.4 Å². The molecule has 1 N–H and O–H groups in total. The molecule has 1 fully saturated rings. The molecule has 0 aliphatic carbocycles. The molecule has 0 atom stereocenters. The van der Waals surface area contributed by atoms with Crippen molar-refractivity contribution in [3.8, 4) is 0 Å². The number of carbonyl (C=O) groups excluding carboxylic acids is 1. The van der Waals surface area contributed by atoms with Crippen molar-refractivity contribution in [3.05, 3.63) is 81.2 Å². The standard InChI is InChI=1S/C25H29N5O5S/c1-17-6-4-5-7-21(17)16-29-19(3)24(18(2)27-29)26-25(31)20-12-14-28(15-13-20)36(34,35)23-10-8-22(9-11-23)30(32)33/h4-11,20H,12-16H2,1-3H3,(H,26,31). The van der Waals surface area contributed by atoms with Gasteiger partial charge in [0.05, 0.1) is 33.4 Å². The molecule has 190 valence electrons. The predicted octanol–water partition coefficient (Wildman–Crippen LogP) is 3.80. The minimum atomic E-state index is -3.79. The van der Waals surface area contributed by atoms with E-state index in [-0.39, 0.29) is 35.5 Å². The van der Waals surface area contributed by atoms with Gasteiger partial charge in [0.1, 0.15) is 0 Å². The maximum absolute atomic E-state index is 13.0. The molecular weight excluding hydrogens is 482 g/mol. The second-order valence-electron chi connectivity index (χ2n) is 9.05. The van der Waals surface area contributed by atoms with Crippen LogP contribution in [0.3, 0.4) is 0 Å². The third kappa shape index (κ3) is 5.17. The fourth-order valence-electron chi connectivity index (χ4n) is 4.45. The third-order valence-corrected chi connectivity index (χ3v) is 8.63. The second-order valence-corrected chi connectivity index (χ2v) is 11.0. The second kappa shape index (κ2) is 10.2. The van der Waals surface area contributed by atoms with Crippen molar-refractivity contribution in [1.29, 1.82) is 0 Å². The molecule has 3 aromatic rings. The quantitative estimate of drug-likeness (QED) is 0.380. The van der Waals surface area contributed by atoms with Gasteiger partial charge in [-0.15, -0.1) is 0 Å². The van der Waals surface area contributed by atoms with Gasteiger partial charge in [0, 0.05) is 31.1 Å². The van der Waals surface area contributed by atoms with Crippen LogP contribution in [0.25, 0.3) is 0 Å². The van der Waals surface area contributed by atoms with E-state index in [0.29, 0.717) is 25.1 Å². The Morgan fingerprint density at radius 2 is 1.72 bits per heavy atom. The molecule has 1 saturated heterocycles. The van der Waals surface area contributed by atoms with Crippen LogP contribution in [-0.4, -0.2) is 46.4 Å². The lowest BCUT2D eigenvalue weighted by molar-refractivity contribution is -0.384. The van der Waals surface area contributed by atoms with E-state index >= 15 is 0 Å². The Hall–Kier alpha value is -3.57. The number of nitrogens with zero attached hydrogens (tertiary/aromatic N) is 4. The largest absolute Gasteiger partial charge is 0.323 e. The molecule has 1 aliphatic rings. The summed E-state index contributed by atoms with van der Waals surface area (Å²) in [6.07, 6.45) is 0.765. The number of aryl methyl sites for hydroxylation is 2. The number of non-ortho nitro benzene ring substituents is 1. The van der Waals surface area contributed by atoms with E-state index < -0.39 is 14.9 Å². The van der Waals surface area contributed by atoms with E-state index in [1.807, 2.05) is 30.7 Å². The molecule has 0 radical (unpaired) electrons. The molecular formula is C25H29N5O5S. The highest BCUT2D eigenvalue weighted by Gasteiger charge is 2.33. The molecule has 1 amide bonds. The van der Waals surface area contributed by atoms with Crippen LogP contribution in [0.15, 0.2) is 53.4 Å². The summed E-state index contributed by atoms with van der Waals surface area (Å²) in [6, 6.07) is 12.9. The zero-order valence-electron chi connectivity index (χ0n) is 20.5. The first-order chi connectivity index (χ1) is 17.1. The number of nitro benzene ring substituents is 1. The summed E-state index contributed by atoms with van der Waals surface area (Å²) < 4.78 is 29.1. The van der Waals surface area contributed by atoms with Crippen molar-refractivity contribution in [1.82, 2.24) is 14.1 Å². The summed E-state index contributed by atoms with van der Waals surface area (Å²) in [7, 11) is -3.79. The highest BCUT2D eigenvalue weighted by atomic mass is 32.2. The SMILES string of the molecule is Cc1ccccc1Cn1nc(C)c(NC(=O)C2CCN(S(=O)(=O)c3ccc([N+](=O)[O-])cc3)CC2)c1C. The third-order valence-electron chi connectivity index (χ3n) is 6.72. The van der Waals surface area contributed by atoms with Gasteiger partial charge >= 0.3 is 0 Å². The van der Waals surface area contributed by atoms with Crippen molar-refractivity contribution in [2.75, 3.05) is 18.4 Å². The Bertz CT molecular complexity index is 1390. The number of carbonyl (C=O) groups is 1. The Morgan fingerprint density at radius 1 is 1.08 bits per heavy atom. The fourth-order valence-corrected chi connectivity index (χ4v) is 5.92. The number of aromatic nitrogens is 2. The molecule has 0 spiro atoms. The topological polar surface area (TPSA) is 127 Å². The summed E-state index contributed by atoms with van der Waals surface area (Å²) in [5.74, 6) is -0.476. The van der Waals surface area contributed by atoms with Gasteiger partial charge in [-0.3, -0.25) is 19.6 Å². The highest BCUT2D eigenvalue weighted by Crippen LogP contribution is 2.27. The molecule has 0 saturated carbocycles. The zero-order valence-corrected chi connectivity index (χ0v) is 21.3. The Labute approximate surface area is 210 Å². The number of piperidine rings is 1. The monoisotopic (exact) mass is 511 g/mol. The fraction of sp³-hybridized carbons (Fsp3) is 0.360. The number of hydrogen-bond acceptors (Lipinski definition) is 6. The predicted molar refractivity (Wildman–Crippen MR) is 135 cm³/mol. The molecule has 4 rings (SSSR count). The van der Waals surface area contributed by atoms with Crippen LogP contribution in [0.1, 0.15) is 35.4 Å². The van der Waals surface area contributed by atoms with E-state index in [1.54, 1.807) is 0 Å². The van der Waals surface area contributed by atoms with Crippen LogP contribution < -0.4 is 5.32 Å². The molecule has 36 heavy (non-hydrogen) atoms. The number of nitrogens with one attached hydrogen (secondary N) is 1. The first-order valence-corrected chi connectivity index (χ1v) is 13.2. The van der Waals surface area contributed by atoms with E-state index in [1.165, 1.54) is 34.1 Å². The van der Waals surface area contributed by atoms with Crippen LogP contribution >= 0.6 is 0 Å². The van der Waals surface area contributed by atoms with Crippen molar-refractivity contribution in [2.24, 2.45) is 5.92 Å². The average Bonchev–Trinajstić information content (AvgIpc) is 3.12. The van der Waals surface area contributed by atoms with Gasteiger partial charge in [-0.05, 0) is 56.9 Å². The number of rotatable bonds is 7. The number of amides is 1. The maximum atomic E-state index is 13.0. The van der Waals surface area contributed by atoms with Crippen molar-refractivity contribution < 1.29 is 18.1 Å². The normalized spacial score (nSPS) is 15.1. The number of sulfonamides is 1. The van der Waals surface area contributed by atoms with E-state index in [4.69, 9.17) is 0 Å². The van der Waals surface area contributed by atoms with Crippen LogP contribution in [0.4, 0.5) is 11.4 Å². The smallest absolute Gasteiger partial charge is 0.269 e. The lowest BCUT2D eigenvalue weighted by Gasteiger charge is -2.30. The molecule has 2 aromatic carbocycles. The number of benzene rings is 2. The summed E-state index contributed by atoms with van der Waals surface area (Å²) in [5.41, 5.74) is 4.44. The summed E-state index contributed by atoms with van der Waals surface area (Å²) in [4.78, 5) is 23.3. The Morgan fingerprint density at radius 3 is 2.33 bits per heavy atom. The van der Waals surface area contributed by atoms with Gasteiger partial charge in [-0.1, -0.05) is 24.3 Å². The molecule has 0 unspecified atom stereocenters. The number of nitro groups is 1. The number of anilines is 1. The molecule has 0 bridgehead atoms. The van der Waals surface area contributed by atoms with E-state index in [0.717, 1.165) is 17.0 Å². The maximum Gasteiger partial charge on any atom is 0.269 e. The highest BCUT2D eigenvalue weighted by molar-refractivity contribution is 7.89. The Balaban J connectivity index is 1.39. The summed E-state index contributed by atoms with van der Waals surface area (Å²) >= 11 is 0. The first-order valence-electron chi connectivity index (χ1n) is 11.7. The van der Waals surface area contributed by atoms with Crippen LogP contribution in [0, 0.1) is 36.8 Å². The van der Waals surface area contributed by atoms with Gasteiger partial charge in [0.25, 0.3) is 5.69 Å². The zero-order chi connectivity index (χ0) is 26.0. The van der Waals surface area contributed by atoms with Gasteiger partial charge in [-0.25, -0.2) is 8.42 Å². The van der Waals surface area contributed by atoms with Gasteiger partial charge < -0.3 is 5.32 Å². The molecule has 1 aliphatic heterocycles. The molecule has 10 nitrogen and oxygen atoms in total. The van der Waals surface area contributed by atoms with Crippen molar-refractivity contribution in [3.63, 3.8) is 0 Å². The summed E-state index contributed by atoms with van der Waals surface area (Å²) in [6.45, 7) is 6.83. The Kier molecular flexibility index (Phi) is 7.23. The van der Waals surface area contributed by atoms with Gasteiger partial charge in [0.2, 0.25) is 15.9 Å². The molecule has 1 aromatic heterocycles. The molecule has 11 heteroatoms. The van der Waals surface area contributed by atoms with Crippen molar-refractivity contribution >= 4 is 27.3 Å². The van der Waals surface area contributed by atoms with Gasteiger partial charge in [0.15, 0.2) is 0 Å². The van der Waals surface area contributed by atoms with Crippen LogP contribution in [0.5, 0.6) is 0 Å². The van der Waals surface area contributed by atoms with Crippen LogP contribution in [0.2, 0.25) is 0 Å². The average molecular weight is 512 g/mol. The van der Waals surface area contributed by atoms with E-state index in [9.17, 15) is 23.3 Å². The molecule has 2 heterocycles. The summed E-state index contributed by atoms with van der Waals surface area (Å²) in [5, 5.41) is 18.5. The first kappa shape index (κ1) is 25.5. The number of hydrogen-bond donors (Lipinski definition) is 1. The van der Waals surface area contributed by atoms with Crippen molar-refractivity contribution in [2.45, 2.75) is 45.1 Å².